The summed E-state index contributed by atoms with van der Waals surface area (Å²) in [4.78, 5) is 13.9. The number of rotatable bonds is 4. The van der Waals surface area contributed by atoms with Gasteiger partial charge in [0.25, 0.3) is 0 Å². The molecule has 1 aromatic rings. The van der Waals surface area contributed by atoms with Crippen molar-refractivity contribution in [2.24, 2.45) is 0 Å². The predicted octanol–water partition coefficient (Wildman–Crippen LogP) is 2.05. The van der Waals surface area contributed by atoms with E-state index in [-0.39, 0.29) is 28.0 Å². The van der Waals surface area contributed by atoms with Crippen LogP contribution < -0.4 is 10.5 Å². The third-order valence-electron chi connectivity index (χ3n) is 1.97. The SMILES string of the molecule is CC(Oc1nc(F)c(CCl)c(N)c1Cl)C(=O)O. The van der Waals surface area contributed by atoms with Gasteiger partial charge in [-0.25, -0.2) is 4.79 Å². The van der Waals surface area contributed by atoms with E-state index >= 15 is 0 Å². The number of nitrogens with two attached hydrogens (primary N) is 1. The molecule has 1 aromatic heterocycles. The van der Waals surface area contributed by atoms with E-state index in [1.807, 2.05) is 0 Å². The number of hydrogen-bond donors (Lipinski definition) is 2. The Morgan fingerprint density at radius 3 is 2.76 bits per heavy atom. The number of hydrogen-bond acceptors (Lipinski definition) is 4. The number of alkyl halides is 1. The summed E-state index contributed by atoms with van der Waals surface area (Å²) in [6.07, 6.45) is -1.22. The van der Waals surface area contributed by atoms with Crippen LogP contribution in [-0.4, -0.2) is 22.2 Å². The fraction of sp³-hybridized carbons (Fsp3) is 0.333. The fourth-order valence-electron chi connectivity index (χ4n) is 0.988. The zero-order valence-electron chi connectivity index (χ0n) is 8.71. The summed E-state index contributed by atoms with van der Waals surface area (Å²) >= 11 is 11.2. The van der Waals surface area contributed by atoms with Crippen molar-refractivity contribution >= 4 is 34.9 Å². The summed E-state index contributed by atoms with van der Waals surface area (Å²) in [5.41, 5.74) is 5.36. The van der Waals surface area contributed by atoms with E-state index in [0.717, 1.165) is 0 Å². The van der Waals surface area contributed by atoms with E-state index in [2.05, 4.69) is 4.98 Å². The summed E-state index contributed by atoms with van der Waals surface area (Å²) in [6.45, 7) is 1.25. The van der Waals surface area contributed by atoms with Crippen LogP contribution in [0.2, 0.25) is 5.02 Å². The van der Waals surface area contributed by atoms with Gasteiger partial charge in [-0.1, -0.05) is 11.6 Å². The molecule has 94 valence electrons. The van der Waals surface area contributed by atoms with E-state index in [9.17, 15) is 9.18 Å². The van der Waals surface area contributed by atoms with Crippen molar-refractivity contribution in [2.45, 2.75) is 18.9 Å². The number of ether oxygens (including phenoxy) is 1. The number of aliphatic carboxylic acids is 1. The van der Waals surface area contributed by atoms with Crippen molar-refractivity contribution in [2.75, 3.05) is 5.73 Å². The van der Waals surface area contributed by atoms with Crippen LogP contribution in [0, 0.1) is 5.95 Å². The average molecular weight is 283 g/mol. The molecule has 0 bridgehead atoms. The Balaban J connectivity index is 3.15. The summed E-state index contributed by atoms with van der Waals surface area (Å²) in [5, 5.41) is 8.47. The Morgan fingerprint density at radius 1 is 1.71 bits per heavy atom. The van der Waals surface area contributed by atoms with E-state index in [1.165, 1.54) is 6.92 Å². The molecular weight excluding hydrogens is 274 g/mol. The van der Waals surface area contributed by atoms with E-state index < -0.39 is 18.0 Å². The zero-order valence-corrected chi connectivity index (χ0v) is 10.2. The first kappa shape index (κ1) is 13.8. The standard InChI is InChI=1S/C9H9Cl2FN2O3/c1-3(9(15)16)17-8-5(11)6(13)4(2-10)7(12)14-8/h3H,2H2,1H3,(H2,13,14)(H,15,16). The van der Waals surface area contributed by atoms with Gasteiger partial charge in [0.05, 0.1) is 11.6 Å². The molecule has 0 radical (unpaired) electrons. The molecule has 1 heterocycles. The summed E-state index contributed by atoms with van der Waals surface area (Å²) in [6, 6.07) is 0. The third kappa shape index (κ3) is 2.89. The molecule has 5 nitrogen and oxygen atoms in total. The normalized spacial score (nSPS) is 12.2. The highest BCUT2D eigenvalue weighted by molar-refractivity contribution is 6.34. The second-order valence-electron chi connectivity index (χ2n) is 3.15. The van der Waals surface area contributed by atoms with Gasteiger partial charge in [-0.3, -0.25) is 0 Å². The Morgan fingerprint density at radius 2 is 2.29 bits per heavy atom. The molecule has 0 saturated heterocycles. The van der Waals surface area contributed by atoms with Gasteiger partial charge < -0.3 is 15.6 Å². The van der Waals surface area contributed by atoms with Gasteiger partial charge in [-0.2, -0.15) is 9.37 Å². The van der Waals surface area contributed by atoms with Gasteiger partial charge in [0.1, 0.15) is 5.02 Å². The van der Waals surface area contributed by atoms with Crippen molar-refractivity contribution < 1.29 is 19.0 Å². The lowest BCUT2D eigenvalue weighted by Crippen LogP contribution is -2.24. The molecule has 0 amide bonds. The number of aromatic nitrogens is 1. The largest absolute Gasteiger partial charge is 0.479 e. The molecule has 1 unspecified atom stereocenters. The molecule has 0 saturated carbocycles. The summed E-state index contributed by atoms with van der Waals surface area (Å²) in [5.74, 6) is -2.73. The highest BCUT2D eigenvalue weighted by atomic mass is 35.5. The minimum Gasteiger partial charge on any atom is -0.479 e. The van der Waals surface area contributed by atoms with Gasteiger partial charge in [0.15, 0.2) is 6.10 Å². The molecule has 0 aliphatic rings. The number of carboxylic acids is 1. The first-order chi connectivity index (χ1) is 7.88. The van der Waals surface area contributed by atoms with Gasteiger partial charge in [0, 0.05) is 5.56 Å². The predicted molar refractivity (Wildman–Crippen MR) is 60.9 cm³/mol. The summed E-state index contributed by atoms with van der Waals surface area (Å²) in [7, 11) is 0. The number of anilines is 1. The Hall–Kier alpha value is -1.27. The Kier molecular flexibility index (Phi) is 4.36. The van der Waals surface area contributed by atoms with Crippen LogP contribution >= 0.6 is 23.2 Å². The Labute approximate surface area is 106 Å². The maximum absolute atomic E-state index is 13.4. The molecule has 0 aliphatic carbocycles. The average Bonchev–Trinajstić information content (AvgIpc) is 2.26. The fourth-order valence-corrected chi connectivity index (χ4v) is 1.44. The van der Waals surface area contributed by atoms with E-state index in [1.54, 1.807) is 0 Å². The first-order valence-electron chi connectivity index (χ1n) is 4.47. The molecule has 3 N–H and O–H groups in total. The number of carbonyl (C=O) groups is 1. The number of halogens is 3. The lowest BCUT2D eigenvalue weighted by molar-refractivity contribution is -0.144. The molecule has 17 heavy (non-hydrogen) atoms. The van der Waals surface area contributed by atoms with Gasteiger partial charge >= 0.3 is 5.97 Å². The molecule has 8 heteroatoms. The van der Waals surface area contributed by atoms with Crippen molar-refractivity contribution in [3.05, 3.63) is 16.5 Å². The second-order valence-corrected chi connectivity index (χ2v) is 3.79. The van der Waals surface area contributed by atoms with Crippen molar-refractivity contribution in [3.8, 4) is 5.88 Å². The van der Waals surface area contributed by atoms with Gasteiger partial charge in [-0.15, -0.1) is 11.6 Å². The van der Waals surface area contributed by atoms with Crippen LogP contribution in [-0.2, 0) is 10.7 Å². The van der Waals surface area contributed by atoms with E-state index in [0.29, 0.717) is 0 Å². The maximum Gasteiger partial charge on any atom is 0.344 e. The van der Waals surface area contributed by atoms with Crippen LogP contribution in [0.3, 0.4) is 0 Å². The van der Waals surface area contributed by atoms with E-state index in [4.69, 9.17) is 38.8 Å². The zero-order chi connectivity index (χ0) is 13.2. The van der Waals surface area contributed by atoms with Crippen LogP contribution in [0.25, 0.3) is 0 Å². The molecule has 0 aliphatic heterocycles. The highest BCUT2D eigenvalue weighted by Crippen LogP contribution is 2.33. The summed E-state index contributed by atoms with van der Waals surface area (Å²) < 4.78 is 18.2. The van der Waals surface area contributed by atoms with Crippen LogP contribution in [0.1, 0.15) is 12.5 Å². The quantitative estimate of drug-likeness (QED) is 0.652. The molecule has 1 rings (SSSR count). The molecule has 0 spiro atoms. The number of nitrogen functional groups attached to an aromatic ring is 1. The van der Waals surface area contributed by atoms with Gasteiger partial charge in [0.2, 0.25) is 11.8 Å². The van der Waals surface area contributed by atoms with Crippen LogP contribution in [0.4, 0.5) is 10.1 Å². The number of carboxylic acid groups (broad SMARTS) is 1. The lowest BCUT2D eigenvalue weighted by Gasteiger charge is -2.13. The topological polar surface area (TPSA) is 85.4 Å². The van der Waals surface area contributed by atoms with Crippen molar-refractivity contribution in [1.29, 1.82) is 0 Å². The smallest absolute Gasteiger partial charge is 0.344 e. The molecule has 0 fully saturated rings. The first-order valence-corrected chi connectivity index (χ1v) is 5.38. The molecule has 0 aromatic carbocycles. The third-order valence-corrected chi connectivity index (χ3v) is 2.60. The highest BCUT2D eigenvalue weighted by Gasteiger charge is 2.21. The number of nitrogens with zero attached hydrogens (tertiary/aromatic N) is 1. The monoisotopic (exact) mass is 282 g/mol. The second kappa shape index (κ2) is 5.37. The maximum atomic E-state index is 13.4. The molecule has 1 atom stereocenters. The van der Waals surface area contributed by atoms with Crippen molar-refractivity contribution in [1.82, 2.24) is 4.98 Å². The minimum atomic E-state index is -1.23. The van der Waals surface area contributed by atoms with Crippen LogP contribution in [0.5, 0.6) is 5.88 Å². The Bertz CT molecular complexity index is 456. The lowest BCUT2D eigenvalue weighted by atomic mass is 10.2. The van der Waals surface area contributed by atoms with Crippen molar-refractivity contribution in [3.63, 3.8) is 0 Å². The van der Waals surface area contributed by atoms with Gasteiger partial charge in [-0.05, 0) is 6.92 Å². The minimum absolute atomic E-state index is 0.0491. The molecular formula is C9H9Cl2FN2O3. The number of pyridine rings is 1. The van der Waals surface area contributed by atoms with Crippen LogP contribution in [0.15, 0.2) is 0 Å².